The van der Waals surface area contributed by atoms with Gasteiger partial charge in [-0.15, -0.1) is 0 Å². The highest BCUT2D eigenvalue weighted by Crippen LogP contribution is 2.21. The van der Waals surface area contributed by atoms with Gasteiger partial charge in [-0.1, -0.05) is 12.1 Å². The van der Waals surface area contributed by atoms with E-state index in [9.17, 15) is 0 Å². The van der Waals surface area contributed by atoms with Gasteiger partial charge in [-0.2, -0.15) is 0 Å². The minimum atomic E-state index is 0.988. The van der Waals surface area contributed by atoms with Crippen LogP contribution in [0, 0.1) is 0 Å². The number of hydrogen-bond donors (Lipinski definition) is 1. The van der Waals surface area contributed by atoms with E-state index in [0.29, 0.717) is 0 Å². The van der Waals surface area contributed by atoms with E-state index in [4.69, 9.17) is 0 Å². The number of hydrogen-bond acceptors (Lipinski definition) is 4. The van der Waals surface area contributed by atoms with Crippen LogP contribution in [0.25, 0.3) is 10.9 Å². The van der Waals surface area contributed by atoms with Crippen molar-refractivity contribution in [2.45, 2.75) is 6.42 Å². The molecule has 1 N–H and O–H groups in total. The van der Waals surface area contributed by atoms with Gasteiger partial charge in [-0.25, -0.2) is 9.97 Å². The average Bonchev–Trinajstić information content (AvgIpc) is 2.38. The Hall–Kier alpha value is -1.68. The van der Waals surface area contributed by atoms with E-state index in [1.54, 1.807) is 6.33 Å². The zero-order valence-corrected chi connectivity index (χ0v) is 10.3. The maximum absolute atomic E-state index is 4.38. The number of rotatable bonds is 5. The second-order valence-corrected chi connectivity index (χ2v) is 4.09. The zero-order chi connectivity index (χ0) is 12.1. The monoisotopic (exact) mass is 230 g/mol. The normalized spacial score (nSPS) is 10.7. The number of nitrogens with zero attached hydrogens (tertiary/aromatic N) is 3. The third kappa shape index (κ3) is 2.71. The SMILES string of the molecule is CNCCCN(C)c1ncnc2ccccc12. The lowest BCUT2D eigenvalue weighted by molar-refractivity contribution is 0.710. The molecule has 2 aromatic rings. The Kier molecular flexibility index (Phi) is 3.88. The number of nitrogens with one attached hydrogen (secondary N) is 1. The first-order valence-corrected chi connectivity index (χ1v) is 5.88. The summed E-state index contributed by atoms with van der Waals surface area (Å²) in [6.45, 7) is 2.01. The summed E-state index contributed by atoms with van der Waals surface area (Å²) < 4.78 is 0. The van der Waals surface area contributed by atoms with Gasteiger partial charge in [0, 0.05) is 19.0 Å². The Balaban J connectivity index is 2.22. The van der Waals surface area contributed by atoms with Gasteiger partial charge < -0.3 is 10.2 Å². The number of para-hydroxylation sites is 1. The molecule has 0 unspecified atom stereocenters. The second kappa shape index (κ2) is 5.59. The van der Waals surface area contributed by atoms with Crippen molar-refractivity contribution in [3.8, 4) is 0 Å². The minimum Gasteiger partial charge on any atom is -0.359 e. The van der Waals surface area contributed by atoms with Crippen LogP contribution in [-0.2, 0) is 0 Å². The topological polar surface area (TPSA) is 41.0 Å². The highest BCUT2D eigenvalue weighted by Gasteiger charge is 2.07. The molecular formula is C13H18N4. The summed E-state index contributed by atoms with van der Waals surface area (Å²) in [5, 5.41) is 4.27. The summed E-state index contributed by atoms with van der Waals surface area (Å²) in [5.41, 5.74) is 0.998. The van der Waals surface area contributed by atoms with E-state index in [1.807, 2.05) is 25.2 Å². The van der Waals surface area contributed by atoms with Crippen LogP contribution in [0.4, 0.5) is 5.82 Å². The number of aromatic nitrogens is 2. The summed E-state index contributed by atoms with van der Waals surface area (Å²) in [6, 6.07) is 8.11. The smallest absolute Gasteiger partial charge is 0.139 e. The number of anilines is 1. The standard InChI is InChI=1S/C13H18N4/c1-14-8-5-9-17(2)13-11-6-3-4-7-12(11)15-10-16-13/h3-4,6-7,10,14H,5,8-9H2,1-2H3. The molecule has 0 aliphatic heterocycles. The molecule has 1 aromatic carbocycles. The van der Waals surface area contributed by atoms with Crippen molar-refractivity contribution < 1.29 is 0 Å². The Morgan fingerprint density at radius 1 is 1.24 bits per heavy atom. The van der Waals surface area contributed by atoms with E-state index >= 15 is 0 Å². The summed E-state index contributed by atoms with van der Waals surface area (Å²) in [5.74, 6) is 1.01. The molecule has 0 saturated heterocycles. The van der Waals surface area contributed by atoms with Gasteiger partial charge in [0.05, 0.1) is 5.52 Å². The molecule has 0 saturated carbocycles. The summed E-state index contributed by atoms with van der Waals surface area (Å²) >= 11 is 0. The molecule has 1 heterocycles. The van der Waals surface area contributed by atoms with Crippen LogP contribution in [-0.4, -0.2) is 37.2 Å². The van der Waals surface area contributed by atoms with Crippen LogP contribution in [0.3, 0.4) is 0 Å². The molecule has 90 valence electrons. The molecular weight excluding hydrogens is 212 g/mol. The zero-order valence-electron chi connectivity index (χ0n) is 10.3. The predicted octanol–water partition coefficient (Wildman–Crippen LogP) is 1.68. The fourth-order valence-corrected chi connectivity index (χ4v) is 1.89. The molecule has 0 aliphatic rings. The van der Waals surface area contributed by atoms with E-state index in [0.717, 1.165) is 36.2 Å². The highest BCUT2D eigenvalue weighted by molar-refractivity contribution is 5.88. The van der Waals surface area contributed by atoms with E-state index in [1.165, 1.54) is 0 Å². The van der Waals surface area contributed by atoms with Gasteiger partial charge >= 0.3 is 0 Å². The van der Waals surface area contributed by atoms with Crippen molar-refractivity contribution >= 4 is 16.7 Å². The minimum absolute atomic E-state index is 0.988. The maximum atomic E-state index is 4.38. The first-order valence-electron chi connectivity index (χ1n) is 5.88. The third-order valence-electron chi connectivity index (χ3n) is 2.80. The van der Waals surface area contributed by atoms with Crippen LogP contribution in [0.15, 0.2) is 30.6 Å². The van der Waals surface area contributed by atoms with Crippen molar-refractivity contribution in [1.82, 2.24) is 15.3 Å². The van der Waals surface area contributed by atoms with Crippen LogP contribution in [0.1, 0.15) is 6.42 Å². The molecule has 4 heteroatoms. The lowest BCUT2D eigenvalue weighted by atomic mass is 10.2. The molecule has 0 bridgehead atoms. The molecule has 2 rings (SSSR count). The molecule has 0 spiro atoms. The predicted molar refractivity (Wildman–Crippen MR) is 71.4 cm³/mol. The fourth-order valence-electron chi connectivity index (χ4n) is 1.89. The summed E-state index contributed by atoms with van der Waals surface area (Å²) in [4.78, 5) is 10.8. The number of fused-ring (bicyclic) bond motifs is 1. The van der Waals surface area contributed by atoms with Crippen molar-refractivity contribution in [3.05, 3.63) is 30.6 Å². The molecule has 0 aliphatic carbocycles. The lowest BCUT2D eigenvalue weighted by Gasteiger charge is -2.19. The molecule has 0 amide bonds. The Morgan fingerprint density at radius 2 is 2.06 bits per heavy atom. The van der Waals surface area contributed by atoms with Crippen molar-refractivity contribution in [1.29, 1.82) is 0 Å². The molecule has 4 nitrogen and oxygen atoms in total. The van der Waals surface area contributed by atoms with Gasteiger partial charge in [0.2, 0.25) is 0 Å². The quantitative estimate of drug-likeness (QED) is 0.793. The lowest BCUT2D eigenvalue weighted by Crippen LogP contribution is -2.23. The first-order chi connectivity index (χ1) is 8.33. The maximum Gasteiger partial charge on any atom is 0.139 e. The van der Waals surface area contributed by atoms with Crippen LogP contribution >= 0.6 is 0 Å². The second-order valence-electron chi connectivity index (χ2n) is 4.09. The molecule has 17 heavy (non-hydrogen) atoms. The van der Waals surface area contributed by atoms with E-state index in [2.05, 4.69) is 33.3 Å². The van der Waals surface area contributed by atoms with Gasteiger partial charge in [0.15, 0.2) is 0 Å². The van der Waals surface area contributed by atoms with E-state index in [-0.39, 0.29) is 0 Å². The highest BCUT2D eigenvalue weighted by atomic mass is 15.2. The summed E-state index contributed by atoms with van der Waals surface area (Å²) in [6.07, 6.45) is 2.73. The van der Waals surface area contributed by atoms with Gasteiger partial charge in [0.25, 0.3) is 0 Å². The van der Waals surface area contributed by atoms with Gasteiger partial charge in [0.1, 0.15) is 12.1 Å². The van der Waals surface area contributed by atoms with Crippen molar-refractivity contribution in [2.75, 3.05) is 32.1 Å². The van der Waals surface area contributed by atoms with Gasteiger partial charge in [-0.05, 0) is 32.1 Å². The van der Waals surface area contributed by atoms with Crippen LogP contribution in [0.5, 0.6) is 0 Å². The Labute approximate surface area is 102 Å². The van der Waals surface area contributed by atoms with E-state index < -0.39 is 0 Å². The molecule has 0 atom stereocenters. The van der Waals surface area contributed by atoms with Crippen LogP contribution < -0.4 is 10.2 Å². The molecule has 1 aromatic heterocycles. The molecule has 0 radical (unpaired) electrons. The Morgan fingerprint density at radius 3 is 2.88 bits per heavy atom. The van der Waals surface area contributed by atoms with Gasteiger partial charge in [-0.3, -0.25) is 0 Å². The number of benzene rings is 1. The first kappa shape index (κ1) is 11.8. The summed E-state index contributed by atoms with van der Waals surface area (Å²) in [7, 11) is 4.05. The third-order valence-corrected chi connectivity index (χ3v) is 2.80. The largest absolute Gasteiger partial charge is 0.359 e. The van der Waals surface area contributed by atoms with Crippen molar-refractivity contribution in [2.24, 2.45) is 0 Å². The van der Waals surface area contributed by atoms with Crippen LogP contribution in [0.2, 0.25) is 0 Å². The Bertz CT molecular complexity index is 478. The average molecular weight is 230 g/mol. The van der Waals surface area contributed by atoms with Crippen molar-refractivity contribution in [3.63, 3.8) is 0 Å². The fraction of sp³-hybridized carbons (Fsp3) is 0.385. The molecule has 0 fully saturated rings.